The second-order valence-corrected chi connectivity index (χ2v) is 4.69. The van der Waals surface area contributed by atoms with Gasteiger partial charge in [-0.05, 0) is 11.5 Å². The lowest BCUT2D eigenvalue weighted by atomic mass is 10.1. The molecule has 0 fully saturated rings. The van der Waals surface area contributed by atoms with Crippen LogP contribution in [0, 0.1) is 16.0 Å². The van der Waals surface area contributed by atoms with Gasteiger partial charge in [-0.25, -0.2) is 4.79 Å². The van der Waals surface area contributed by atoms with Crippen molar-refractivity contribution in [2.24, 2.45) is 5.92 Å². The molecule has 1 aromatic rings. The van der Waals surface area contributed by atoms with Crippen LogP contribution in [-0.4, -0.2) is 28.7 Å². The average Bonchev–Trinajstić information content (AvgIpc) is 2.34. The lowest BCUT2D eigenvalue weighted by Gasteiger charge is -2.15. The quantitative estimate of drug-likeness (QED) is 0.604. The van der Waals surface area contributed by atoms with Crippen molar-refractivity contribution in [3.8, 4) is 0 Å². The second kappa shape index (κ2) is 6.84. The van der Waals surface area contributed by atoms with E-state index in [0.29, 0.717) is 12.2 Å². The number of hydrogen-bond donors (Lipinski definition) is 1. The van der Waals surface area contributed by atoms with Crippen LogP contribution in [0.5, 0.6) is 0 Å². The highest BCUT2D eigenvalue weighted by atomic mass is 16.6. The van der Waals surface area contributed by atoms with E-state index in [2.05, 4.69) is 0 Å². The minimum atomic E-state index is -1.06. The fourth-order valence-corrected chi connectivity index (χ4v) is 1.54. The Morgan fingerprint density at radius 2 is 2.16 bits per heavy atom. The normalized spacial score (nSPS) is 12.4. The maximum absolute atomic E-state index is 11.1. The number of nitro benzene ring substituents is 1. The number of rotatable bonds is 7. The van der Waals surface area contributed by atoms with E-state index < -0.39 is 17.0 Å². The Hall–Kier alpha value is -1.95. The maximum Gasteiger partial charge on any atom is 0.333 e. The van der Waals surface area contributed by atoms with Crippen molar-refractivity contribution in [3.05, 3.63) is 39.9 Å². The summed E-state index contributed by atoms with van der Waals surface area (Å²) in [6.45, 7) is 4.18. The average molecular weight is 267 g/mol. The zero-order valence-corrected chi connectivity index (χ0v) is 10.9. The minimum Gasteiger partial charge on any atom is -0.479 e. The number of aliphatic carboxylic acids is 1. The van der Waals surface area contributed by atoms with Crippen LogP contribution in [0.2, 0.25) is 0 Å². The van der Waals surface area contributed by atoms with Gasteiger partial charge in [-0.1, -0.05) is 26.0 Å². The molecule has 0 aliphatic carbocycles. The molecule has 0 saturated heterocycles. The highest BCUT2D eigenvalue weighted by Crippen LogP contribution is 2.15. The van der Waals surface area contributed by atoms with Crippen LogP contribution < -0.4 is 0 Å². The first-order valence-corrected chi connectivity index (χ1v) is 5.98. The number of nitro groups is 1. The molecule has 0 unspecified atom stereocenters. The summed E-state index contributed by atoms with van der Waals surface area (Å²) in [4.78, 5) is 21.2. The molecule has 1 aromatic carbocycles. The van der Waals surface area contributed by atoms with E-state index in [1.165, 1.54) is 18.2 Å². The van der Waals surface area contributed by atoms with Gasteiger partial charge < -0.3 is 9.84 Å². The molecule has 1 N–H and O–H groups in total. The van der Waals surface area contributed by atoms with Gasteiger partial charge in [0, 0.05) is 18.6 Å². The van der Waals surface area contributed by atoms with Crippen molar-refractivity contribution in [3.63, 3.8) is 0 Å². The van der Waals surface area contributed by atoms with Crippen molar-refractivity contribution in [1.29, 1.82) is 0 Å². The molecular formula is C13H17NO5. The monoisotopic (exact) mass is 267 g/mol. The maximum atomic E-state index is 11.1. The van der Waals surface area contributed by atoms with Crippen molar-refractivity contribution in [2.45, 2.75) is 26.4 Å². The Labute approximate surface area is 111 Å². The number of hydrogen-bond acceptors (Lipinski definition) is 4. The first-order valence-electron chi connectivity index (χ1n) is 5.98. The summed E-state index contributed by atoms with van der Waals surface area (Å²) in [6, 6.07) is 5.93. The fourth-order valence-electron chi connectivity index (χ4n) is 1.54. The molecule has 0 amide bonds. The molecule has 0 bridgehead atoms. The van der Waals surface area contributed by atoms with Crippen LogP contribution in [-0.2, 0) is 16.0 Å². The minimum absolute atomic E-state index is 0.0505. The summed E-state index contributed by atoms with van der Waals surface area (Å²) < 4.78 is 5.30. The first kappa shape index (κ1) is 15.1. The molecule has 0 saturated carbocycles. The SMILES string of the molecule is CC(C)CO[C@@H](Cc1cccc([N+](=O)[O-])c1)C(=O)O. The van der Waals surface area contributed by atoms with E-state index in [1.54, 1.807) is 6.07 Å². The lowest BCUT2D eigenvalue weighted by molar-refractivity contribution is -0.384. The fraction of sp³-hybridized carbons (Fsp3) is 0.462. The van der Waals surface area contributed by atoms with Crippen LogP contribution in [0.15, 0.2) is 24.3 Å². The lowest BCUT2D eigenvalue weighted by Crippen LogP contribution is -2.28. The molecule has 0 radical (unpaired) electrons. The molecule has 0 aromatic heterocycles. The zero-order valence-electron chi connectivity index (χ0n) is 10.9. The van der Waals surface area contributed by atoms with E-state index in [4.69, 9.17) is 9.84 Å². The van der Waals surface area contributed by atoms with Crippen molar-refractivity contribution >= 4 is 11.7 Å². The molecule has 6 nitrogen and oxygen atoms in total. The topological polar surface area (TPSA) is 89.7 Å². The van der Waals surface area contributed by atoms with Gasteiger partial charge in [0.15, 0.2) is 6.10 Å². The number of carboxylic acids is 1. The summed E-state index contributed by atoms with van der Waals surface area (Å²) in [6.07, 6.45) is -0.867. The van der Waals surface area contributed by atoms with Crippen LogP contribution in [0.1, 0.15) is 19.4 Å². The van der Waals surface area contributed by atoms with Crippen LogP contribution >= 0.6 is 0 Å². The molecule has 0 spiro atoms. The standard InChI is InChI=1S/C13H17NO5/c1-9(2)8-19-12(13(15)16)7-10-4-3-5-11(6-10)14(17)18/h3-6,9,12H,7-8H2,1-2H3,(H,15,16)/t12-/m0/s1. The van der Waals surface area contributed by atoms with Gasteiger partial charge in [-0.3, -0.25) is 10.1 Å². The summed E-state index contributed by atoms with van der Waals surface area (Å²) in [5.41, 5.74) is 0.524. The number of nitrogens with zero attached hydrogens (tertiary/aromatic N) is 1. The Balaban J connectivity index is 2.76. The van der Waals surface area contributed by atoms with E-state index in [0.717, 1.165) is 0 Å². The molecule has 6 heteroatoms. The number of ether oxygens (including phenoxy) is 1. The smallest absolute Gasteiger partial charge is 0.333 e. The number of benzene rings is 1. The summed E-state index contributed by atoms with van der Waals surface area (Å²) in [5.74, 6) is -0.834. The van der Waals surface area contributed by atoms with Gasteiger partial charge >= 0.3 is 5.97 Å². The van der Waals surface area contributed by atoms with Crippen LogP contribution in [0.4, 0.5) is 5.69 Å². The van der Waals surface area contributed by atoms with Gasteiger partial charge in [-0.15, -0.1) is 0 Å². The Morgan fingerprint density at radius 1 is 1.47 bits per heavy atom. The van der Waals surface area contributed by atoms with Crippen molar-refractivity contribution in [1.82, 2.24) is 0 Å². The first-order chi connectivity index (χ1) is 8.90. The van der Waals surface area contributed by atoms with Crippen LogP contribution in [0.25, 0.3) is 0 Å². The molecular weight excluding hydrogens is 250 g/mol. The van der Waals surface area contributed by atoms with Crippen LogP contribution in [0.3, 0.4) is 0 Å². The summed E-state index contributed by atoms with van der Waals surface area (Å²) >= 11 is 0. The van der Waals surface area contributed by atoms with E-state index in [9.17, 15) is 14.9 Å². The predicted molar refractivity (Wildman–Crippen MR) is 69.0 cm³/mol. The second-order valence-electron chi connectivity index (χ2n) is 4.69. The third-order valence-corrected chi connectivity index (χ3v) is 2.45. The number of carboxylic acid groups (broad SMARTS) is 1. The van der Waals surface area contributed by atoms with Crippen molar-refractivity contribution in [2.75, 3.05) is 6.61 Å². The number of non-ortho nitro benzene ring substituents is 1. The van der Waals surface area contributed by atoms with Gasteiger partial charge in [-0.2, -0.15) is 0 Å². The molecule has 0 aliphatic rings. The molecule has 1 atom stereocenters. The third-order valence-electron chi connectivity index (χ3n) is 2.45. The number of carbonyl (C=O) groups is 1. The zero-order chi connectivity index (χ0) is 14.4. The predicted octanol–water partition coefficient (Wildman–Crippen LogP) is 2.26. The summed E-state index contributed by atoms with van der Waals surface area (Å²) in [7, 11) is 0. The summed E-state index contributed by atoms with van der Waals surface area (Å²) in [5, 5.41) is 19.7. The molecule has 1 rings (SSSR count). The van der Waals surface area contributed by atoms with E-state index in [-0.39, 0.29) is 18.0 Å². The van der Waals surface area contributed by atoms with E-state index >= 15 is 0 Å². The Kier molecular flexibility index (Phi) is 5.44. The van der Waals surface area contributed by atoms with Gasteiger partial charge in [0.2, 0.25) is 0 Å². The molecule has 19 heavy (non-hydrogen) atoms. The Morgan fingerprint density at radius 3 is 2.68 bits per heavy atom. The van der Waals surface area contributed by atoms with Gasteiger partial charge in [0.1, 0.15) is 0 Å². The highest BCUT2D eigenvalue weighted by molar-refractivity contribution is 5.72. The largest absolute Gasteiger partial charge is 0.479 e. The van der Waals surface area contributed by atoms with Crippen molar-refractivity contribution < 1.29 is 19.6 Å². The molecule has 104 valence electrons. The van der Waals surface area contributed by atoms with Gasteiger partial charge in [0.05, 0.1) is 11.5 Å². The highest BCUT2D eigenvalue weighted by Gasteiger charge is 2.20. The Bertz CT molecular complexity index is 458. The molecule has 0 aliphatic heterocycles. The molecule has 0 heterocycles. The third kappa shape index (κ3) is 5.05. The van der Waals surface area contributed by atoms with Gasteiger partial charge in [0.25, 0.3) is 5.69 Å². The van der Waals surface area contributed by atoms with E-state index in [1.807, 2.05) is 13.8 Å².